The van der Waals surface area contributed by atoms with E-state index in [0.717, 1.165) is 21.8 Å². The summed E-state index contributed by atoms with van der Waals surface area (Å²) in [6.07, 6.45) is -0.501. The zero-order valence-electron chi connectivity index (χ0n) is 15.2. The standard InChI is InChI=1S/C19H22F3N3O2/c1-13-3-5-15(6-4-13)25-12-23-11-16(25)14-7-9-24(10-8-14)17(26)18(2,27)19(20,21)22/h3-6,11-12,14,27H,7-10H2,1-2H3/t18-/m1/s1. The van der Waals surface area contributed by atoms with Gasteiger partial charge in [-0.1, -0.05) is 17.7 Å². The van der Waals surface area contributed by atoms with E-state index in [-0.39, 0.29) is 19.0 Å². The lowest BCUT2D eigenvalue weighted by atomic mass is 9.92. The van der Waals surface area contributed by atoms with Crippen LogP contribution in [-0.2, 0) is 4.79 Å². The van der Waals surface area contributed by atoms with Crippen LogP contribution >= 0.6 is 0 Å². The van der Waals surface area contributed by atoms with Gasteiger partial charge in [-0.15, -0.1) is 0 Å². The minimum Gasteiger partial charge on any atom is -0.373 e. The maximum absolute atomic E-state index is 12.9. The summed E-state index contributed by atoms with van der Waals surface area (Å²) in [6.45, 7) is 2.83. The van der Waals surface area contributed by atoms with E-state index in [9.17, 15) is 23.1 Å². The summed E-state index contributed by atoms with van der Waals surface area (Å²) >= 11 is 0. The molecule has 8 heteroatoms. The molecule has 0 radical (unpaired) electrons. The lowest BCUT2D eigenvalue weighted by molar-refractivity contribution is -0.250. The van der Waals surface area contributed by atoms with E-state index in [1.54, 1.807) is 12.5 Å². The number of carbonyl (C=O) groups excluding carboxylic acids is 1. The minimum absolute atomic E-state index is 0.0775. The number of hydrogen-bond acceptors (Lipinski definition) is 3. The first-order valence-corrected chi connectivity index (χ1v) is 8.79. The molecule has 1 aliphatic rings. The number of halogens is 3. The van der Waals surface area contributed by atoms with Gasteiger partial charge in [0.05, 0.1) is 6.33 Å². The van der Waals surface area contributed by atoms with Gasteiger partial charge in [-0.3, -0.25) is 4.79 Å². The molecule has 1 atom stereocenters. The van der Waals surface area contributed by atoms with E-state index >= 15 is 0 Å². The van der Waals surface area contributed by atoms with Gasteiger partial charge in [0.1, 0.15) is 0 Å². The molecule has 1 saturated heterocycles. The van der Waals surface area contributed by atoms with Gasteiger partial charge in [0, 0.05) is 36.6 Å². The highest BCUT2D eigenvalue weighted by Gasteiger charge is 2.57. The molecule has 27 heavy (non-hydrogen) atoms. The van der Waals surface area contributed by atoms with Crippen LogP contribution in [0.3, 0.4) is 0 Å². The molecule has 2 aromatic rings. The van der Waals surface area contributed by atoms with Crippen LogP contribution in [0.5, 0.6) is 0 Å². The van der Waals surface area contributed by atoms with Crippen molar-refractivity contribution in [3.05, 3.63) is 48.0 Å². The average Bonchev–Trinajstić information content (AvgIpc) is 3.10. The molecule has 2 heterocycles. The van der Waals surface area contributed by atoms with Crippen LogP contribution in [0.4, 0.5) is 13.2 Å². The minimum atomic E-state index is -5.00. The molecule has 1 N–H and O–H groups in total. The second kappa shape index (κ2) is 6.99. The number of rotatable bonds is 3. The molecule has 0 aliphatic carbocycles. The molecule has 5 nitrogen and oxygen atoms in total. The molecule has 146 valence electrons. The van der Waals surface area contributed by atoms with Crippen molar-refractivity contribution >= 4 is 5.91 Å². The van der Waals surface area contributed by atoms with Gasteiger partial charge < -0.3 is 14.6 Å². The number of nitrogens with zero attached hydrogens (tertiary/aromatic N) is 3. The van der Waals surface area contributed by atoms with Gasteiger partial charge in [0.25, 0.3) is 5.91 Å². The number of piperidine rings is 1. The molecule has 0 unspecified atom stereocenters. The van der Waals surface area contributed by atoms with Gasteiger partial charge in [0.15, 0.2) is 0 Å². The molecule has 0 spiro atoms. The molecule has 1 aromatic carbocycles. The van der Waals surface area contributed by atoms with Crippen LogP contribution in [0.1, 0.15) is 36.9 Å². The Bertz CT molecular complexity index is 804. The van der Waals surface area contributed by atoms with Gasteiger partial charge in [-0.05, 0) is 38.8 Å². The van der Waals surface area contributed by atoms with Crippen LogP contribution in [0, 0.1) is 6.92 Å². The van der Waals surface area contributed by atoms with Gasteiger partial charge in [-0.2, -0.15) is 13.2 Å². The molecule has 3 rings (SSSR count). The molecule has 1 aliphatic heterocycles. The fourth-order valence-corrected chi connectivity index (χ4v) is 3.34. The second-order valence-electron chi connectivity index (χ2n) is 7.16. The maximum Gasteiger partial charge on any atom is 0.426 e. The van der Waals surface area contributed by atoms with Crippen molar-refractivity contribution in [2.45, 2.75) is 44.4 Å². The fraction of sp³-hybridized carbons (Fsp3) is 0.474. The van der Waals surface area contributed by atoms with Crippen LogP contribution in [0.15, 0.2) is 36.8 Å². The number of alkyl halides is 3. The van der Waals surface area contributed by atoms with Gasteiger partial charge in [-0.25, -0.2) is 4.98 Å². The largest absolute Gasteiger partial charge is 0.426 e. The number of benzene rings is 1. The molecule has 1 amide bonds. The van der Waals surface area contributed by atoms with E-state index in [1.807, 2.05) is 35.8 Å². The zero-order valence-corrected chi connectivity index (χ0v) is 15.2. The third kappa shape index (κ3) is 3.71. The Kier molecular flexibility index (Phi) is 5.03. The Morgan fingerprint density at radius 2 is 1.78 bits per heavy atom. The van der Waals surface area contributed by atoms with Gasteiger partial charge in [0.2, 0.25) is 5.60 Å². The lowest BCUT2D eigenvalue weighted by Gasteiger charge is -2.36. The molecule has 1 aromatic heterocycles. The SMILES string of the molecule is Cc1ccc(-n2cncc2C2CCN(C(=O)[C@@](C)(O)C(F)(F)F)CC2)cc1. The Morgan fingerprint density at radius 1 is 1.19 bits per heavy atom. The number of aromatic nitrogens is 2. The third-order valence-corrected chi connectivity index (χ3v) is 5.15. The predicted molar refractivity (Wildman–Crippen MR) is 93.5 cm³/mol. The highest BCUT2D eigenvalue weighted by molar-refractivity contribution is 5.85. The topological polar surface area (TPSA) is 58.4 Å². The second-order valence-corrected chi connectivity index (χ2v) is 7.16. The zero-order chi connectivity index (χ0) is 19.8. The monoisotopic (exact) mass is 381 g/mol. The van der Waals surface area contributed by atoms with Crippen molar-refractivity contribution in [1.29, 1.82) is 0 Å². The third-order valence-electron chi connectivity index (χ3n) is 5.15. The van der Waals surface area contributed by atoms with Crippen LogP contribution in [-0.4, -0.2) is 50.3 Å². The van der Waals surface area contributed by atoms with Gasteiger partial charge >= 0.3 is 6.18 Å². The van der Waals surface area contributed by atoms with Crippen molar-refractivity contribution < 1.29 is 23.1 Å². The summed E-state index contributed by atoms with van der Waals surface area (Å²) in [6, 6.07) is 7.97. The highest BCUT2D eigenvalue weighted by atomic mass is 19.4. The molecule has 1 fully saturated rings. The number of imidazole rings is 1. The highest BCUT2D eigenvalue weighted by Crippen LogP contribution is 2.35. The Morgan fingerprint density at radius 3 is 2.33 bits per heavy atom. The first-order chi connectivity index (χ1) is 12.6. The van der Waals surface area contributed by atoms with Crippen LogP contribution in [0.25, 0.3) is 5.69 Å². The first kappa shape index (κ1) is 19.4. The van der Waals surface area contributed by atoms with Crippen molar-refractivity contribution in [2.75, 3.05) is 13.1 Å². The number of aliphatic hydroxyl groups is 1. The van der Waals surface area contributed by atoms with E-state index in [4.69, 9.17) is 0 Å². The maximum atomic E-state index is 12.9. The Hall–Kier alpha value is -2.35. The first-order valence-electron chi connectivity index (χ1n) is 8.79. The van der Waals surface area contributed by atoms with E-state index < -0.39 is 17.7 Å². The fourth-order valence-electron chi connectivity index (χ4n) is 3.34. The lowest BCUT2D eigenvalue weighted by Crippen LogP contribution is -2.57. The molecular weight excluding hydrogens is 359 g/mol. The van der Waals surface area contributed by atoms with Crippen LogP contribution < -0.4 is 0 Å². The molecule has 0 bridgehead atoms. The van der Waals surface area contributed by atoms with Crippen molar-refractivity contribution in [3.63, 3.8) is 0 Å². The van der Waals surface area contributed by atoms with E-state index in [0.29, 0.717) is 19.8 Å². The summed E-state index contributed by atoms with van der Waals surface area (Å²) in [7, 11) is 0. The predicted octanol–water partition coefficient (Wildman–Crippen LogP) is 3.20. The summed E-state index contributed by atoms with van der Waals surface area (Å²) in [5.41, 5.74) is -0.284. The Labute approximate surface area is 155 Å². The number of likely N-dealkylation sites (tertiary alicyclic amines) is 1. The molecule has 0 saturated carbocycles. The average molecular weight is 381 g/mol. The van der Waals surface area contributed by atoms with E-state index in [2.05, 4.69) is 4.98 Å². The summed E-state index contributed by atoms with van der Waals surface area (Å²) in [5.74, 6) is -1.21. The van der Waals surface area contributed by atoms with E-state index in [1.165, 1.54) is 0 Å². The number of aryl methyl sites for hydroxylation is 1. The van der Waals surface area contributed by atoms with Crippen molar-refractivity contribution in [3.8, 4) is 5.69 Å². The van der Waals surface area contributed by atoms with Crippen LogP contribution in [0.2, 0.25) is 0 Å². The number of carbonyl (C=O) groups is 1. The number of amides is 1. The quantitative estimate of drug-likeness (QED) is 0.888. The summed E-state index contributed by atoms with van der Waals surface area (Å²) in [5, 5.41) is 9.61. The number of hydrogen-bond donors (Lipinski definition) is 1. The summed E-state index contributed by atoms with van der Waals surface area (Å²) < 4.78 is 40.7. The summed E-state index contributed by atoms with van der Waals surface area (Å²) in [4.78, 5) is 17.4. The Balaban J connectivity index is 1.71. The molecular formula is C19H22F3N3O2. The van der Waals surface area contributed by atoms with Crippen molar-refractivity contribution in [1.82, 2.24) is 14.5 Å². The normalized spacial score (nSPS) is 18.4. The van der Waals surface area contributed by atoms with Crippen molar-refractivity contribution in [2.24, 2.45) is 0 Å². The smallest absolute Gasteiger partial charge is 0.373 e.